The van der Waals surface area contributed by atoms with Crippen LogP contribution in [0.3, 0.4) is 0 Å². The molecule has 182 valence electrons. The normalized spacial score (nSPS) is 16.3. The second-order valence-corrected chi connectivity index (χ2v) is 16.8. The van der Waals surface area contributed by atoms with E-state index in [1.807, 2.05) is 6.07 Å². The summed E-state index contributed by atoms with van der Waals surface area (Å²) in [4.78, 5) is 25.4. The number of benzene rings is 1. The van der Waals surface area contributed by atoms with Crippen molar-refractivity contribution in [2.75, 3.05) is 7.11 Å². The predicted octanol–water partition coefficient (Wildman–Crippen LogP) is 7.70. The maximum absolute atomic E-state index is 13.1. The number of hydrogen-bond acceptors (Lipinski definition) is 3. The third-order valence-corrected chi connectivity index (χ3v) is 15.1. The van der Waals surface area contributed by atoms with Gasteiger partial charge in [-0.3, -0.25) is 9.59 Å². The van der Waals surface area contributed by atoms with E-state index in [0.717, 1.165) is 28.5 Å². The largest absolute Gasteiger partial charge is 0.469 e. The Kier molecular flexibility index (Phi) is 7.93. The summed E-state index contributed by atoms with van der Waals surface area (Å²) < 4.78 is 7.88. The van der Waals surface area contributed by atoms with Gasteiger partial charge < -0.3 is 8.97 Å². The molecule has 1 fully saturated rings. The van der Waals surface area contributed by atoms with Crippen molar-refractivity contribution in [1.82, 2.24) is 4.23 Å². The first-order chi connectivity index (χ1) is 15.5. The summed E-state index contributed by atoms with van der Waals surface area (Å²) in [6.07, 6.45) is 8.04. The van der Waals surface area contributed by atoms with Crippen LogP contribution in [0, 0.1) is 5.92 Å². The Morgan fingerprint density at radius 2 is 1.61 bits per heavy atom. The van der Waals surface area contributed by atoms with E-state index in [4.69, 9.17) is 4.74 Å². The molecule has 33 heavy (non-hydrogen) atoms. The Morgan fingerprint density at radius 1 is 1.03 bits per heavy atom. The first-order valence-corrected chi connectivity index (χ1v) is 15.0. The summed E-state index contributed by atoms with van der Waals surface area (Å²) in [6.45, 7) is 15.7. The van der Waals surface area contributed by atoms with E-state index >= 15 is 0 Å². The molecule has 0 bridgehead atoms. The van der Waals surface area contributed by atoms with Gasteiger partial charge in [0.05, 0.1) is 13.0 Å². The van der Waals surface area contributed by atoms with Crippen LogP contribution in [0.15, 0.2) is 24.4 Å². The first kappa shape index (κ1) is 25.7. The zero-order valence-corrected chi connectivity index (χ0v) is 22.9. The van der Waals surface area contributed by atoms with Crippen molar-refractivity contribution in [3.05, 3.63) is 35.5 Å². The zero-order valence-electron chi connectivity index (χ0n) is 21.9. The van der Waals surface area contributed by atoms with Crippen LogP contribution in [0.5, 0.6) is 0 Å². The summed E-state index contributed by atoms with van der Waals surface area (Å²) in [6, 6.07) is 6.06. The van der Waals surface area contributed by atoms with Gasteiger partial charge >= 0.3 is 5.97 Å². The number of nitrogens with zero attached hydrogens (tertiary/aromatic N) is 1. The van der Waals surface area contributed by atoms with Crippen LogP contribution in [-0.4, -0.2) is 31.3 Å². The molecule has 0 radical (unpaired) electrons. The number of carbonyl (C=O) groups excluding carboxylic acids is 2. The molecule has 3 rings (SSSR count). The molecule has 1 aliphatic carbocycles. The van der Waals surface area contributed by atoms with E-state index in [0.29, 0.717) is 22.5 Å². The number of aromatic nitrogens is 1. The lowest BCUT2D eigenvalue weighted by Gasteiger charge is -2.44. The quantitative estimate of drug-likeness (QED) is 0.215. The van der Waals surface area contributed by atoms with Crippen LogP contribution in [0.1, 0.15) is 102 Å². The highest BCUT2D eigenvalue weighted by Gasteiger charge is 2.46. The average molecular weight is 470 g/mol. The lowest BCUT2D eigenvalue weighted by atomic mass is 9.87. The summed E-state index contributed by atoms with van der Waals surface area (Å²) in [5.74, 6) is 0.254. The minimum atomic E-state index is -2.09. The van der Waals surface area contributed by atoms with Gasteiger partial charge in [-0.2, -0.15) is 0 Å². The van der Waals surface area contributed by atoms with Crippen molar-refractivity contribution in [2.45, 2.75) is 103 Å². The molecule has 0 aliphatic heterocycles. The number of Topliss-reactive ketones (excluding diaryl/α,β-unsaturated/α-hetero) is 1. The number of hydrogen-bond donors (Lipinski definition) is 0. The molecule has 1 saturated carbocycles. The van der Waals surface area contributed by atoms with Crippen molar-refractivity contribution in [3.63, 3.8) is 0 Å². The van der Waals surface area contributed by atoms with E-state index in [1.165, 1.54) is 32.8 Å². The Balaban J connectivity index is 2.32. The van der Waals surface area contributed by atoms with E-state index in [1.54, 1.807) is 6.92 Å². The maximum atomic E-state index is 13.1. The second-order valence-electron chi connectivity index (χ2n) is 11.1. The average Bonchev–Trinajstić information content (AvgIpc) is 3.39. The minimum Gasteiger partial charge on any atom is -0.469 e. The molecule has 0 spiro atoms. The third kappa shape index (κ3) is 4.58. The monoisotopic (exact) mass is 469 g/mol. The fourth-order valence-corrected chi connectivity index (χ4v) is 13.6. The van der Waals surface area contributed by atoms with Crippen molar-refractivity contribution >= 4 is 30.9 Å². The topological polar surface area (TPSA) is 48.3 Å². The van der Waals surface area contributed by atoms with Gasteiger partial charge in [0, 0.05) is 22.7 Å². The molecule has 1 atom stereocenters. The molecular weight excluding hydrogens is 426 g/mol. The number of rotatable bonds is 9. The van der Waals surface area contributed by atoms with Gasteiger partial charge in [0.25, 0.3) is 0 Å². The van der Waals surface area contributed by atoms with Gasteiger partial charge in [-0.1, -0.05) is 79.4 Å². The van der Waals surface area contributed by atoms with Crippen LogP contribution < -0.4 is 0 Å². The highest BCUT2D eigenvalue weighted by molar-refractivity contribution is 6.82. The van der Waals surface area contributed by atoms with E-state index in [-0.39, 0.29) is 17.7 Å². The Bertz CT molecular complexity index is 976. The number of esters is 1. The summed E-state index contributed by atoms with van der Waals surface area (Å²) in [7, 11) is -0.580. The van der Waals surface area contributed by atoms with E-state index < -0.39 is 8.24 Å². The Morgan fingerprint density at radius 3 is 2.09 bits per heavy atom. The van der Waals surface area contributed by atoms with Crippen molar-refractivity contribution < 1.29 is 14.3 Å². The van der Waals surface area contributed by atoms with Gasteiger partial charge in [-0.25, -0.2) is 0 Å². The molecule has 1 heterocycles. The number of ether oxygens (including phenoxy) is 1. The molecule has 1 aromatic carbocycles. The number of ketones is 1. The van der Waals surface area contributed by atoms with Crippen LogP contribution in [0.25, 0.3) is 10.9 Å². The molecule has 5 heteroatoms. The summed E-state index contributed by atoms with van der Waals surface area (Å²) in [5.41, 5.74) is 4.45. The van der Waals surface area contributed by atoms with Gasteiger partial charge in [0.1, 0.15) is 0 Å². The van der Waals surface area contributed by atoms with Gasteiger partial charge in [0.15, 0.2) is 14.0 Å². The highest BCUT2D eigenvalue weighted by atomic mass is 28.3. The lowest BCUT2D eigenvalue weighted by Crippen LogP contribution is -2.51. The smallest absolute Gasteiger partial charge is 0.313 e. The van der Waals surface area contributed by atoms with Gasteiger partial charge in [0.2, 0.25) is 0 Å². The molecule has 4 nitrogen and oxygen atoms in total. The highest BCUT2D eigenvalue weighted by Crippen LogP contribution is 2.46. The molecule has 1 aliphatic rings. The molecule has 1 unspecified atom stereocenters. The van der Waals surface area contributed by atoms with E-state index in [2.05, 4.69) is 64.1 Å². The van der Waals surface area contributed by atoms with E-state index in [9.17, 15) is 9.59 Å². The minimum absolute atomic E-state index is 0.0765. The third-order valence-electron chi connectivity index (χ3n) is 8.34. The molecule has 1 aromatic heterocycles. The number of fused-ring (bicyclic) bond motifs is 1. The fourth-order valence-electron chi connectivity index (χ4n) is 6.98. The molecule has 0 N–H and O–H groups in total. The summed E-state index contributed by atoms with van der Waals surface area (Å²) in [5, 5.41) is 1.10. The fraction of sp³-hybridized carbons (Fsp3) is 0.643. The molecular formula is C28H43NO3Si. The Hall–Kier alpha value is -1.88. The SMILES string of the molecule is COC(=O)C(CC1CCCC1)c1cn([Si](C(C)C)(C(C)C)C(C)C)c2cc(C(C)=O)ccc12. The van der Waals surface area contributed by atoms with Crippen LogP contribution in [-0.2, 0) is 9.53 Å². The van der Waals surface area contributed by atoms with Crippen LogP contribution in [0.4, 0.5) is 0 Å². The Labute approximate surface area is 201 Å². The summed E-state index contributed by atoms with van der Waals surface area (Å²) >= 11 is 0. The number of carbonyl (C=O) groups is 2. The number of methoxy groups -OCH3 is 1. The lowest BCUT2D eigenvalue weighted by molar-refractivity contribution is -0.142. The molecule has 0 saturated heterocycles. The standard InChI is InChI=1S/C28H43NO3Si/c1-18(2)33(19(3)4,20(5)6)29-17-26(24-14-13-23(21(7)30)16-27(24)29)25(28(31)32-8)15-22-11-9-10-12-22/h13-14,16-20,22,25H,9-12,15H2,1-8H3. The van der Waals surface area contributed by atoms with Gasteiger partial charge in [-0.15, -0.1) is 0 Å². The molecule has 0 amide bonds. The van der Waals surface area contributed by atoms with Crippen molar-refractivity contribution in [2.24, 2.45) is 5.92 Å². The van der Waals surface area contributed by atoms with Gasteiger partial charge in [-0.05, 0) is 47.5 Å². The molecule has 2 aromatic rings. The van der Waals surface area contributed by atoms with Crippen molar-refractivity contribution in [1.29, 1.82) is 0 Å². The second kappa shape index (κ2) is 10.2. The van der Waals surface area contributed by atoms with Crippen LogP contribution >= 0.6 is 0 Å². The first-order valence-electron chi connectivity index (χ1n) is 12.8. The predicted molar refractivity (Wildman–Crippen MR) is 140 cm³/mol. The van der Waals surface area contributed by atoms with Crippen LogP contribution in [0.2, 0.25) is 16.6 Å². The zero-order chi connectivity index (χ0) is 24.5. The maximum Gasteiger partial charge on any atom is 0.313 e. The van der Waals surface area contributed by atoms with Crippen molar-refractivity contribution in [3.8, 4) is 0 Å².